The van der Waals surface area contributed by atoms with Gasteiger partial charge in [0.2, 0.25) is 5.91 Å². The minimum Gasteiger partial charge on any atom is -0.341 e. The van der Waals surface area contributed by atoms with E-state index in [1.54, 1.807) is 0 Å². The van der Waals surface area contributed by atoms with Gasteiger partial charge in [-0.15, -0.1) is 0 Å². The van der Waals surface area contributed by atoms with Crippen molar-refractivity contribution in [2.75, 3.05) is 19.6 Å². The standard InChI is InChI=1S/C16H30N2O/c1-3-6-14-7-12-18(13-8-14)15(19)16(9-4-2)10-5-11-17-16/h14,17H,3-13H2,1-2H3. The first-order valence-electron chi connectivity index (χ1n) is 8.26. The van der Waals surface area contributed by atoms with Crippen LogP contribution in [0.3, 0.4) is 0 Å². The van der Waals surface area contributed by atoms with E-state index in [0.717, 1.165) is 51.2 Å². The van der Waals surface area contributed by atoms with E-state index in [4.69, 9.17) is 0 Å². The predicted molar refractivity (Wildman–Crippen MR) is 79.1 cm³/mol. The zero-order chi connectivity index (χ0) is 13.7. The van der Waals surface area contributed by atoms with E-state index in [1.807, 2.05) is 0 Å². The highest BCUT2D eigenvalue weighted by atomic mass is 16.2. The van der Waals surface area contributed by atoms with Gasteiger partial charge in [0, 0.05) is 13.1 Å². The molecule has 1 unspecified atom stereocenters. The Morgan fingerprint density at radius 2 is 2.00 bits per heavy atom. The summed E-state index contributed by atoms with van der Waals surface area (Å²) in [5, 5.41) is 3.51. The molecule has 2 heterocycles. The van der Waals surface area contributed by atoms with E-state index in [1.165, 1.54) is 25.7 Å². The van der Waals surface area contributed by atoms with Gasteiger partial charge in [-0.25, -0.2) is 0 Å². The monoisotopic (exact) mass is 266 g/mol. The molecule has 0 spiro atoms. The average Bonchev–Trinajstić information content (AvgIpc) is 2.89. The predicted octanol–water partition coefficient (Wildman–Crippen LogP) is 2.95. The molecule has 0 aromatic rings. The Morgan fingerprint density at radius 1 is 1.26 bits per heavy atom. The van der Waals surface area contributed by atoms with Gasteiger partial charge in [-0.05, 0) is 44.6 Å². The molecular weight excluding hydrogens is 236 g/mol. The summed E-state index contributed by atoms with van der Waals surface area (Å²) in [4.78, 5) is 15.0. The molecule has 3 nitrogen and oxygen atoms in total. The summed E-state index contributed by atoms with van der Waals surface area (Å²) in [5.74, 6) is 1.24. The van der Waals surface area contributed by atoms with Gasteiger partial charge in [0.15, 0.2) is 0 Å². The molecule has 3 heteroatoms. The van der Waals surface area contributed by atoms with Crippen molar-refractivity contribution in [2.24, 2.45) is 5.92 Å². The van der Waals surface area contributed by atoms with Gasteiger partial charge >= 0.3 is 0 Å². The maximum Gasteiger partial charge on any atom is 0.242 e. The molecule has 0 bridgehead atoms. The van der Waals surface area contributed by atoms with Gasteiger partial charge in [-0.1, -0.05) is 33.1 Å². The fourth-order valence-corrected chi connectivity index (χ4v) is 3.87. The largest absolute Gasteiger partial charge is 0.341 e. The summed E-state index contributed by atoms with van der Waals surface area (Å²) in [6.45, 7) is 7.42. The highest BCUT2D eigenvalue weighted by Crippen LogP contribution is 2.30. The van der Waals surface area contributed by atoms with E-state index in [0.29, 0.717) is 5.91 Å². The smallest absolute Gasteiger partial charge is 0.242 e. The molecular formula is C16H30N2O. The molecule has 2 fully saturated rings. The topological polar surface area (TPSA) is 32.3 Å². The first-order chi connectivity index (χ1) is 9.22. The first kappa shape index (κ1) is 14.8. The van der Waals surface area contributed by atoms with Crippen LogP contribution >= 0.6 is 0 Å². The van der Waals surface area contributed by atoms with E-state index >= 15 is 0 Å². The molecule has 1 amide bonds. The summed E-state index contributed by atoms with van der Waals surface area (Å²) in [7, 11) is 0. The van der Waals surface area contributed by atoms with Crippen molar-refractivity contribution in [1.82, 2.24) is 10.2 Å². The zero-order valence-corrected chi connectivity index (χ0v) is 12.7. The molecule has 19 heavy (non-hydrogen) atoms. The Bertz CT molecular complexity index is 289. The number of carbonyl (C=O) groups excluding carboxylic acids is 1. The normalized spacial score (nSPS) is 28.8. The van der Waals surface area contributed by atoms with Crippen molar-refractivity contribution in [3.05, 3.63) is 0 Å². The third-order valence-electron chi connectivity index (χ3n) is 4.93. The van der Waals surface area contributed by atoms with Crippen LogP contribution in [0.25, 0.3) is 0 Å². The second kappa shape index (κ2) is 6.74. The summed E-state index contributed by atoms with van der Waals surface area (Å²) < 4.78 is 0. The van der Waals surface area contributed by atoms with Crippen molar-refractivity contribution < 1.29 is 4.79 Å². The van der Waals surface area contributed by atoms with E-state index in [9.17, 15) is 4.79 Å². The van der Waals surface area contributed by atoms with Crippen LogP contribution in [0.15, 0.2) is 0 Å². The van der Waals surface area contributed by atoms with E-state index < -0.39 is 0 Å². The van der Waals surface area contributed by atoms with Gasteiger partial charge in [0.25, 0.3) is 0 Å². The van der Waals surface area contributed by atoms with Gasteiger partial charge in [-0.3, -0.25) is 4.79 Å². The van der Waals surface area contributed by atoms with Crippen molar-refractivity contribution in [2.45, 2.75) is 70.8 Å². The van der Waals surface area contributed by atoms with Crippen LogP contribution in [0.1, 0.15) is 65.2 Å². The van der Waals surface area contributed by atoms with E-state index in [-0.39, 0.29) is 5.54 Å². The van der Waals surface area contributed by atoms with Crippen LogP contribution in [0.4, 0.5) is 0 Å². The lowest BCUT2D eigenvalue weighted by atomic mass is 9.87. The SMILES string of the molecule is CCCC1CCN(C(=O)C2(CCC)CCCN2)CC1. The van der Waals surface area contributed by atoms with Crippen molar-refractivity contribution in [3.63, 3.8) is 0 Å². The van der Waals surface area contributed by atoms with Crippen LogP contribution < -0.4 is 5.32 Å². The Hall–Kier alpha value is -0.570. The number of amides is 1. The van der Waals surface area contributed by atoms with Crippen LogP contribution in [0.2, 0.25) is 0 Å². The van der Waals surface area contributed by atoms with Crippen LogP contribution in [-0.4, -0.2) is 36.0 Å². The molecule has 2 aliphatic heterocycles. The number of nitrogens with zero attached hydrogens (tertiary/aromatic N) is 1. The number of likely N-dealkylation sites (tertiary alicyclic amines) is 1. The minimum atomic E-state index is -0.216. The lowest BCUT2D eigenvalue weighted by Gasteiger charge is -2.38. The fourth-order valence-electron chi connectivity index (χ4n) is 3.87. The first-order valence-corrected chi connectivity index (χ1v) is 8.26. The Morgan fingerprint density at radius 3 is 2.53 bits per heavy atom. The quantitative estimate of drug-likeness (QED) is 0.830. The summed E-state index contributed by atoms with van der Waals surface area (Å²) in [5.41, 5.74) is -0.216. The lowest BCUT2D eigenvalue weighted by molar-refractivity contribution is -0.139. The summed E-state index contributed by atoms with van der Waals surface area (Å²) >= 11 is 0. The molecule has 110 valence electrons. The van der Waals surface area contributed by atoms with Crippen molar-refractivity contribution in [1.29, 1.82) is 0 Å². The third-order valence-corrected chi connectivity index (χ3v) is 4.93. The Labute approximate surface area is 118 Å². The highest BCUT2D eigenvalue weighted by molar-refractivity contribution is 5.86. The van der Waals surface area contributed by atoms with Crippen molar-refractivity contribution in [3.8, 4) is 0 Å². The second-order valence-electron chi connectivity index (χ2n) is 6.39. The molecule has 1 atom stereocenters. The van der Waals surface area contributed by atoms with Crippen molar-refractivity contribution >= 4 is 5.91 Å². The molecule has 0 radical (unpaired) electrons. The number of hydrogen-bond donors (Lipinski definition) is 1. The molecule has 2 saturated heterocycles. The number of nitrogens with one attached hydrogen (secondary N) is 1. The van der Waals surface area contributed by atoms with E-state index in [2.05, 4.69) is 24.1 Å². The Balaban J connectivity index is 1.92. The highest BCUT2D eigenvalue weighted by Gasteiger charge is 2.42. The van der Waals surface area contributed by atoms with Gasteiger partial charge in [-0.2, -0.15) is 0 Å². The fraction of sp³-hybridized carbons (Fsp3) is 0.938. The molecule has 0 saturated carbocycles. The van der Waals surface area contributed by atoms with Crippen LogP contribution in [0.5, 0.6) is 0 Å². The van der Waals surface area contributed by atoms with Gasteiger partial charge in [0.1, 0.15) is 0 Å². The maximum absolute atomic E-state index is 12.8. The lowest BCUT2D eigenvalue weighted by Crippen LogP contribution is -2.56. The summed E-state index contributed by atoms with van der Waals surface area (Å²) in [6, 6.07) is 0. The average molecular weight is 266 g/mol. The molecule has 2 rings (SSSR count). The number of piperidine rings is 1. The van der Waals surface area contributed by atoms with Crippen LogP contribution in [0, 0.1) is 5.92 Å². The second-order valence-corrected chi connectivity index (χ2v) is 6.39. The Kier molecular flexibility index (Phi) is 5.26. The third kappa shape index (κ3) is 3.31. The molecule has 0 aromatic carbocycles. The number of rotatable bonds is 5. The minimum absolute atomic E-state index is 0.216. The molecule has 2 aliphatic rings. The van der Waals surface area contributed by atoms with Gasteiger partial charge in [0.05, 0.1) is 5.54 Å². The molecule has 0 aromatic heterocycles. The molecule has 1 N–H and O–H groups in total. The van der Waals surface area contributed by atoms with Crippen LogP contribution in [-0.2, 0) is 4.79 Å². The molecule has 0 aliphatic carbocycles. The number of carbonyl (C=O) groups is 1. The summed E-state index contributed by atoms with van der Waals surface area (Å²) in [6.07, 6.45) is 9.31. The zero-order valence-electron chi connectivity index (χ0n) is 12.7. The van der Waals surface area contributed by atoms with Gasteiger partial charge < -0.3 is 10.2 Å². The number of hydrogen-bond acceptors (Lipinski definition) is 2. The maximum atomic E-state index is 12.8.